The van der Waals surface area contributed by atoms with Gasteiger partial charge in [-0.15, -0.1) is 0 Å². The van der Waals surface area contributed by atoms with Crippen LogP contribution in [-0.2, 0) is 0 Å². The zero-order valence-corrected chi connectivity index (χ0v) is 18.6. The third kappa shape index (κ3) is 4.57. The SMILES string of the molecule is CCN(CC)c1ccc(/C=N/N(c2ccccc2)c2cccc3ccccc23)c(Cl)c1. The fraction of sp³-hybridized carbons (Fsp3) is 0.148. The van der Waals surface area contributed by atoms with Crippen LogP contribution in [0.1, 0.15) is 19.4 Å². The van der Waals surface area contributed by atoms with Crippen molar-refractivity contribution < 1.29 is 0 Å². The summed E-state index contributed by atoms with van der Waals surface area (Å²) in [7, 11) is 0. The highest BCUT2D eigenvalue weighted by Crippen LogP contribution is 2.33. The van der Waals surface area contributed by atoms with E-state index in [1.54, 1.807) is 0 Å². The quantitative estimate of drug-likeness (QED) is 0.224. The Bertz CT molecular complexity index is 1180. The molecule has 4 rings (SSSR count). The summed E-state index contributed by atoms with van der Waals surface area (Å²) < 4.78 is 0. The van der Waals surface area contributed by atoms with E-state index in [2.05, 4.69) is 79.4 Å². The fourth-order valence-electron chi connectivity index (χ4n) is 3.76. The van der Waals surface area contributed by atoms with Crippen LogP contribution in [-0.4, -0.2) is 19.3 Å². The number of anilines is 3. The van der Waals surface area contributed by atoms with Crippen LogP contribution in [0.4, 0.5) is 17.1 Å². The molecule has 0 fully saturated rings. The molecule has 0 radical (unpaired) electrons. The predicted octanol–water partition coefficient (Wildman–Crippen LogP) is 7.51. The van der Waals surface area contributed by atoms with Gasteiger partial charge in [0.15, 0.2) is 0 Å². The lowest BCUT2D eigenvalue weighted by Gasteiger charge is -2.22. The Morgan fingerprint density at radius 2 is 1.48 bits per heavy atom. The molecule has 4 aromatic rings. The average molecular weight is 428 g/mol. The molecule has 0 N–H and O–H groups in total. The Morgan fingerprint density at radius 3 is 2.23 bits per heavy atom. The first-order chi connectivity index (χ1) is 15.2. The number of hydrogen-bond donors (Lipinski definition) is 0. The maximum absolute atomic E-state index is 6.62. The second-order valence-electron chi connectivity index (χ2n) is 7.27. The maximum Gasteiger partial charge on any atom is 0.0730 e. The van der Waals surface area contributed by atoms with E-state index in [1.165, 1.54) is 5.39 Å². The Kier molecular flexibility index (Phi) is 6.54. The minimum atomic E-state index is 0.694. The monoisotopic (exact) mass is 427 g/mol. The summed E-state index contributed by atoms with van der Waals surface area (Å²) in [6.07, 6.45) is 1.84. The first-order valence-electron chi connectivity index (χ1n) is 10.6. The van der Waals surface area contributed by atoms with Crippen molar-refractivity contribution in [2.75, 3.05) is 23.0 Å². The molecule has 0 bridgehead atoms. The van der Waals surface area contributed by atoms with E-state index in [0.29, 0.717) is 5.02 Å². The van der Waals surface area contributed by atoms with E-state index < -0.39 is 0 Å². The molecule has 0 unspecified atom stereocenters. The molecule has 0 amide bonds. The van der Waals surface area contributed by atoms with Crippen LogP contribution >= 0.6 is 11.6 Å². The number of hydrogen-bond acceptors (Lipinski definition) is 3. The third-order valence-electron chi connectivity index (χ3n) is 5.42. The van der Waals surface area contributed by atoms with E-state index in [1.807, 2.05) is 41.6 Å². The number of para-hydroxylation sites is 1. The molecule has 0 aliphatic rings. The van der Waals surface area contributed by atoms with Gasteiger partial charge in [-0.25, -0.2) is 5.01 Å². The van der Waals surface area contributed by atoms with Gasteiger partial charge in [0.1, 0.15) is 0 Å². The highest BCUT2D eigenvalue weighted by molar-refractivity contribution is 6.33. The molecule has 0 saturated carbocycles. The lowest BCUT2D eigenvalue weighted by atomic mass is 10.1. The van der Waals surface area contributed by atoms with Crippen LogP contribution in [0.15, 0.2) is 96.1 Å². The number of benzene rings is 4. The molecule has 0 spiro atoms. The zero-order chi connectivity index (χ0) is 21.6. The molecule has 0 aromatic heterocycles. The van der Waals surface area contributed by atoms with Crippen molar-refractivity contribution in [1.82, 2.24) is 0 Å². The number of halogens is 1. The summed E-state index contributed by atoms with van der Waals surface area (Å²) >= 11 is 6.62. The molecule has 0 saturated heterocycles. The summed E-state index contributed by atoms with van der Waals surface area (Å²) in [6, 6.07) is 31.0. The van der Waals surface area contributed by atoms with Crippen LogP contribution in [0.5, 0.6) is 0 Å². The first kappa shape index (κ1) is 21.0. The summed E-state index contributed by atoms with van der Waals surface area (Å²) in [5.41, 5.74) is 4.03. The molecular weight excluding hydrogens is 402 g/mol. The van der Waals surface area contributed by atoms with Crippen LogP contribution in [0, 0.1) is 0 Å². The van der Waals surface area contributed by atoms with Crippen molar-refractivity contribution in [3.63, 3.8) is 0 Å². The van der Waals surface area contributed by atoms with Crippen LogP contribution in [0.3, 0.4) is 0 Å². The second-order valence-corrected chi connectivity index (χ2v) is 7.68. The van der Waals surface area contributed by atoms with Gasteiger partial charge in [0, 0.05) is 29.7 Å². The topological polar surface area (TPSA) is 18.8 Å². The first-order valence-corrected chi connectivity index (χ1v) is 11.0. The van der Waals surface area contributed by atoms with Crippen LogP contribution < -0.4 is 9.91 Å². The number of fused-ring (bicyclic) bond motifs is 1. The largest absolute Gasteiger partial charge is 0.372 e. The van der Waals surface area contributed by atoms with Crippen LogP contribution in [0.2, 0.25) is 5.02 Å². The molecule has 156 valence electrons. The minimum absolute atomic E-state index is 0.694. The van der Waals surface area contributed by atoms with Crippen molar-refractivity contribution in [3.05, 3.63) is 102 Å². The van der Waals surface area contributed by atoms with Gasteiger partial charge in [-0.1, -0.05) is 66.2 Å². The summed E-state index contributed by atoms with van der Waals surface area (Å²) in [4.78, 5) is 2.28. The number of hydrazone groups is 1. The molecule has 3 nitrogen and oxygen atoms in total. The fourth-order valence-corrected chi connectivity index (χ4v) is 3.98. The summed E-state index contributed by atoms with van der Waals surface area (Å²) in [6.45, 7) is 6.19. The highest BCUT2D eigenvalue weighted by Gasteiger charge is 2.12. The Morgan fingerprint density at radius 1 is 0.774 bits per heavy atom. The summed E-state index contributed by atoms with van der Waals surface area (Å²) in [5, 5.41) is 9.86. The molecule has 31 heavy (non-hydrogen) atoms. The molecule has 4 aromatic carbocycles. The second kappa shape index (κ2) is 9.67. The van der Waals surface area contributed by atoms with Crippen molar-refractivity contribution in [2.45, 2.75) is 13.8 Å². The van der Waals surface area contributed by atoms with Gasteiger partial charge in [0.05, 0.1) is 22.6 Å². The molecule has 4 heteroatoms. The molecule has 0 aliphatic heterocycles. The van der Waals surface area contributed by atoms with Crippen molar-refractivity contribution in [3.8, 4) is 0 Å². The lowest BCUT2D eigenvalue weighted by molar-refractivity contribution is 0.866. The predicted molar refractivity (Wildman–Crippen MR) is 135 cm³/mol. The summed E-state index contributed by atoms with van der Waals surface area (Å²) in [5.74, 6) is 0. The normalized spacial score (nSPS) is 11.2. The molecule has 0 aliphatic carbocycles. The van der Waals surface area contributed by atoms with Crippen molar-refractivity contribution in [1.29, 1.82) is 0 Å². The van der Waals surface area contributed by atoms with Gasteiger partial charge < -0.3 is 4.90 Å². The third-order valence-corrected chi connectivity index (χ3v) is 5.75. The lowest BCUT2D eigenvalue weighted by Crippen LogP contribution is -2.21. The average Bonchev–Trinajstić information content (AvgIpc) is 2.82. The van der Waals surface area contributed by atoms with Crippen LogP contribution in [0.25, 0.3) is 10.8 Å². The maximum atomic E-state index is 6.62. The highest BCUT2D eigenvalue weighted by atomic mass is 35.5. The Hall–Kier alpha value is -3.30. The van der Waals surface area contributed by atoms with Crippen molar-refractivity contribution >= 4 is 45.7 Å². The van der Waals surface area contributed by atoms with Crippen molar-refractivity contribution in [2.24, 2.45) is 5.10 Å². The Labute approximate surface area is 189 Å². The van der Waals surface area contributed by atoms with E-state index in [0.717, 1.165) is 41.1 Å². The number of rotatable bonds is 7. The molecule has 0 atom stereocenters. The molecule has 0 heterocycles. The van der Waals surface area contributed by atoms with E-state index in [-0.39, 0.29) is 0 Å². The van der Waals surface area contributed by atoms with Gasteiger partial charge in [0.2, 0.25) is 0 Å². The van der Waals surface area contributed by atoms with Gasteiger partial charge in [0.25, 0.3) is 0 Å². The number of nitrogens with zero attached hydrogens (tertiary/aromatic N) is 3. The smallest absolute Gasteiger partial charge is 0.0730 e. The van der Waals surface area contributed by atoms with Gasteiger partial charge in [-0.2, -0.15) is 5.10 Å². The van der Waals surface area contributed by atoms with Gasteiger partial charge in [-0.05, 0) is 55.6 Å². The standard InChI is InChI=1S/C27H26ClN3/c1-3-30(4-2)24-18-17-22(26(28)19-24)20-29-31(23-13-6-5-7-14-23)27-16-10-12-21-11-8-9-15-25(21)27/h5-20H,3-4H2,1-2H3/b29-20+. The van der Waals surface area contributed by atoms with E-state index in [9.17, 15) is 0 Å². The minimum Gasteiger partial charge on any atom is -0.372 e. The van der Waals surface area contributed by atoms with Gasteiger partial charge >= 0.3 is 0 Å². The molecular formula is C27H26ClN3. The van der Waals surface area contributed by atoms with Gasteiger partial charge in [-0.3, -0.25) is 0 Å². The van der Waals surface area contributed by atoms with E-state index >= 15 is 0 Å². The Balaban J connectivity index is 1.75. The van der Waals surface area contributed by atoms with E-state index in [4.69, 9.17) is 16.7 Å². The zero-order valence-electron chi connectivity index (χ0n) is 17.9.